The molecular weight excluding hydrogens is 1460 g/mol. The van der Waals surface area contributed by atoms with Gasteiger partial charge in [-0.15, -0.1) is 0 Å². The highest BCUT2D eigenvalue weighted by molar-refractivity contribution is 6.15. The van der Waals surface area contributed by atoms with Crippen LogP contribution < -0.4 is 9.80 Å². The number of fused-ring (bicyclic) bond motifs is 18. The van der Waals surface area contributed by atoms with E-state index in [2.05, 4.69) is 435 Å². The SMILES string of the molecule is C1=CC[C@@H]2C(=C1)c1cc(-c3ccc4c(c3)c3cc(C5C=Cc6c(c7ccccc7n6-c6ccccc6)C5)ccc3n4-c3nc(-c4ccccc4)cc(-c4cccc(-n5c6ccc(C7=CCC8C(=C7)c7ccccc7N8c7ccccc7)cc6c6cc(-c7ccc8c(c7)c7ccccc7n8-c7ccccc7)ccc65)c4)n3)ccc1N2c1ccccc1. The van der Waals surface area contributed by atoms with Crippen LogP contribution in [0, 0.1) is 0 Å². The van der Waals surface area contributed by atoms with Crippen LogP contribution in [0.25, 0.3) is 167 Å². The Kier molecular flexibility index (Phi) is 15.3. The minimum Gasteiger partial charge on any atom is -0.333 e. The number of aromatic nitrogens is 6. The van der Waals surface area contributed by atoms with Crippen LogP contribution in [0.1, 0.15) is 52.3 Å². The summed E-state index contributed by atoms with van der Waals surface area (Å²) < 4.78 is 9.63. The molecule has 8 nitrogen and oxygen atoms in total. The Morgan fingerprint density at radius 3 is 1.45 bits per heavy atom. The molecule has 564 valence electrons. The van der Waals surface area contributed by atoms with Crippen LogP contribution in [0.15, 0.2) is 400 Å². The first-order valence-electron chi connectivity index (χ1n) is 41.9. The van der Waals surface area contributed by atoms with Crippen molar-refractivity contribution in [1.82, 2.24) is 28.2 Å². The molecule has 20 aromatic rings. The highest BCUT2D eigenvalue weighted by Gasteiger charge is 2.38. The summed E-state index contributed by atoms with van der Waals surface area (Å²) in [6.07, 6.45) is 19.3. The van der Waals surface area contributed by atoms with Crippen molar-refractivity contribution < 1.29 is 0 Å². The smallest absolute Gasteiger partial charge is 0.235 e. The lowest BCUT2D eigenvalue weighted by atomic mass is 9.86. The van der Waals surface area contributed by atoms with Crippen molar-refractivity contribution in [3.05, 3.63) is 434 Å². The summed E-state index contributed by atoms with van der Waals surface area (Å²) in [4.78, 5) is 16.6. The van der Waals surface area contributed by atoms with E-state index >= 15 is 0 Å². The molecule has 25 rings (SSSR count). The summed E-state index contributed by atoms with van der Waals surface area (Å²) in [6.45, 7) is 0. The van der Waals surface area contributed by atoms with Crippen LogP contribution in [0.3, 0.4) is 0 Å². The highest BCUT2D eigenvalue weighted by atomic mass is 15.2. The second-order valence-electron chi connectivity index (χ2n) is 32.6. The van der Waals surface area contributed by atoms with Crippen molar-refractivity contribution in [2.24, 2.45) is 0 Å². The van der Waals surface area contributed by atoms with Gasteiger partial charge in [0.25, 0.3) is 0 Å². The van der Waals surface area contributed by atoms with E-state index in [4.69, 9.17) is 9.97 Å². The number of anilines is 4. The molecule has 5 aliphatic rings. The molecular formula is C112H76N8. The van der Waals surface area contributed by atoms with E-state index in [1.807, 2.05) is 0 Å². The Hall–Kier alpha value is -15.4. The predicted molar refractivity (Wildman–Crippen MR) is 499 cm³/mol. The van der Waals surface area contributed by atoms with Gasteiger partial charge >= 0.3 is 0 Å². The second-order valence-corrected chi connectivity index (χ2v) is 32.6. The number of rotatable bonds is 12. The molecule has 0 N–H and O–H groups in total. The summed E-state index contributed by atoms with van der Waals surface area (Å²) >= 11 is 0. The summed E-state index contributed by atoms with van der Waals surface area (Å²) in [7, 11) is 0. The van der Waals surface area contributed by atoms with Crippen molar-refractivity contribution in [3.8, 4) is 67.8 Å². The van der Waals surface area contributed by atoms with E-state index in [0.29, 0.717) is 5.95 Å². The third-order valence-electron chi connectivity index (χ3n) is 26.1. The first-order valence-corrected chi connectivity index (χ1v) is 41.9. The molecule has 15 aromatic carbocycles. The third-order valence-corrected chi connectivity index (χ3v) is 26.1. The van der Waals surface area contributed by atoms with Crippen LogP contribution in [0.4, 0.5) is 22.7 Å². The fourth-order valence-corrected chi connectivity index (χ4v) is 20.6. The van der Waals surface area contributed by atoms with Crippen molar-refractivity contribution in [2.45, 2.75) is 37.3 Å². The third kappa shape index (κ3) is 10.7. The van der Waals surface area contributed by atoms with Gasteiger partial charge in [0.2, 0.25) is 5.95 Å². The van der Waals surface area contributed by atoms with Gasteiger partial charge < -0.3 is 23.5 Å². The van der Waals surface area contributed by atoms with Crippen molar-refractivity contribution >= 4 is 122 Å². The molecule has 120 heavy (non-hydrogen) atoms. The second kappa shape index (κ2) is 27.1. The topological polar surface area (TPSA) is 52.0 Å². The summed E-state index contributed by atoms with van der Waals surface area (Å²) in [5.74, 6) is 0.721. The molecule has 5 aromatic heterocycles. The van der Waals surface area contributed by atoms with Gasteiger partial charge in [-0.25, -0.2) is 9.97 Å². The molecule has 7 heterocycles. The van der Waals surface area contributed by atoms with Gasteiger partial charge in [0.05, 0.1) is 62.1 Å². The molecule has 2 unspecified atom stereocenters. The standard InChI is InChI=1S/C112H76N8/c1-6-25-71(26-7-1)98-70-99(114-112(113-98)120-110-59-51-78(74-47-55-106-92(64-74)88-39-18-22-43-102(88)117(106)83-32-12-4-13-33-83)68-96(110)97-69-79(52-60-111(97)120)75-48-56-107-93(65-75)89-40-19-23-44-103(89)118(107)84-34-14-5-15-35-84)80-27-24-36-85(61-80)119-108-57-49-76(72-45-53-104-90(62-72)86-37-16-20-41-100(86)115(104)81-28-8-2-9-29-81)66-94(108)95-67-77(50-58-109(95)119)73-46-54-105-91(63-73)87-38-17-21-42-101(87)116(105)82-30-10-3-11-31-82/h1-43,45-53,55-63,65-70,74,103,105H,44,54,64H2/t74?,103-,105?/m1/s1. The van der Waals surface area contributed by atoms with E-state index < -0.39 is 0 Å². The first-order chi connectivity index (χ1) is 59.5. The highest BCUT2D eigenvalue weighted by Crippen LogP contribution is 2.53. The molecule has 3 aliphatic carbocycles. The van der Waals surface area contributed by atoms with E-state index in [1.54, 1.807) is 0 Å². The molecule has 0 fully saturated rings. The Morgan fingerprint density at radius 1 is 0.300 bits per heavy atom. The number of nitrogens with zero attached hydrogens (tertiary/aromatic N) is 8. The van der Waals surface area contributed by atoms with Gasteiger partial charge in [-0.1, -0.05) is 237 Å². The molecule has 0 saturated heterocycles. The molecule has 8 heteroatoms. The lowest BCUT2D eigenvalue weighted by Gasteiger charge is -2.29. The lowest BCUT2D eigenvalue weighted by molar-refractivity contribution is 0.826. The van der Waals surface area contributed by atoms with Crippen molar-refractivity contribution in [3.63, 3.8) is 0 Å². The van der Waals surface area contributed by atoms with Gasteiger partial charge in [0, 0.05) is 111 Å². The molecule has 0 amide bonds. The number of benzene rings is 15. The average molecular weight is 1530 g/mol. The predicted octanol–water partition coefficient (Wildman–Crippen LogP) is 28.0. The maximum atomic E-state index is 5.83. The maximum absolute atomic E-state index is 5.83. The van der Waals surface area contributed by atoms with Crippen LogP contribution in [-0.4, -0.2) is 40.3 Å². The van der Waals surface area contributed by atoms with Crippen molar-refractivity contribution in [1.29, 1.82) is 0 Å². The van der Waals surface area contributed by atoms with Crippen LogP contribution in [-0.2, 0) is 6.42 Å². The molecule has 2 aliphatic heterocycles. The fourth-order valence-electron chi connectivity index (χ4n) is 20.6. The van der Waals surface area contributed by atoms with E-state index in [-0.39, 0.29) is 18.0 Å². The Balaban J connectivity index is 0.647. The number of para-hydroxylation sites is 7. The van der Waals surface area contributed by atoms with Gasteiger partial charge in [0.1, 0.15) is 0 Å². The zero-order valence-electron chi connectivity index (χ0n) is 65.6. The minimum atomic E-state index is 0.122. The van der Waals surface area contributed by atoms with E-state index in [0.717, 1.165) is 97.1 Å². The number of hydrogen-bond acceptors (Lipinski definition) is 4. The zero-order valence-corrected chi connectivity index (χ0v) is 65.6. The van der Waals surface area contributed by atoms with Crippen LogP contribution in [0.2, 0.25) is 0 Å². The molecule has 0 spiro atoms. The maximum Gasteiger partial charge on any atom is 0.235 e. The van der Waals surface area contributed by atoms with E-state index in [9.17, 15) is 0 Å². The number of allylic oxidation sites excluding steroid dienone is 5. The zero-order chi connectivity index (χ0) is 78.6. The van der Waals surface area contributed by atoms with Crippen LogP contribution >= 0.6 is 0 Å². The minimum absolute atomic E-state index is 0.122. The molecule has 0 bridgehead atoms. The molecule has 0 radical (unpaired) electrons. The first kappa shape index (κ1) is 67.9. The quantitative estimate of drug-likeness (QED) is 0.122. The Labute approximate surface area is 694 Å². The summed E-state index contributed by atoms with van der Waals surface area (Å²) in [5, 5.41) is 8.39. The largest absolute Gasteiger partial charge is 0.333 e. The fraction of sp³-hybridized carbons (Fsp3) is 0.0536. The summed E-state index contributed by atoms with van der Waals surface area (Å²) in [6, 6.07) is 135. The Bertz CT molecular complexity index is 7820. The number of hydrogen-bond donors (Lipinski definition) is 0. The normalized spacial score (nSPS) is 15.9. The monoisotopic (exact) mass is 1530 g/mol. The summed E-state index contributed by atoms with van der Waals surface area (Å²) in [5.41, 5.74) is 36.0. The molecule has 0 saturated carbocycles. The van der Waals surface area contributed by atoms with Gasteiger partial charge in [-0.3, -0.25) is 4.57 Å². The van der Waals surface area contributed by atoms with Gasteiger partial charge in [-0.2, -0.15) is 0 Å². The van der Waals surface area contributed by atoms with Crippen LogP contribution in [0.5, 0.6) is 0 Å². The van der Waals surface area contributed by atoms with Crippen molar-refractivity contribution in [2.75, 3.05) is 9.80 Å². The van der Waals surface area contributed by atoms with Gasteiger partial charge in [-0.05, 0) is 245 Å². The average Bonchev–Trinajstić information content (AvgIpc) is 1.58. The Morgan fingerprint density at radius 2 is 0.775 bits per heavy atom. The van der Waals surface area contributed by atoms with Gasteiger partial charge in [0.15, 0.2) is 0 Å². The molecule has 3 atom stereocenters. The lowest BCUT2D eigenvalue weighted by Crippen LogP contribution is -2.27. The van der Waals surface area contributed by atoms with E-state index in [1.165, 1.54) is 133 Å².